The van der Waals surface area contributed by atoms with E-state index in [4.69, 9.17) is 10.5 Å². The normalized spacial score (nSPS) is 17.3. The highest BCUT2D eigenvalue weighted by atomic mass is 16.5. The predicted octanol–water partition coefficient (Wildman–Crippen LogP) is 3.91. The van der Waals surface area contributed by atoms with Gasteiger partial charge in [-0.05, 0) is 55.3 Å². The summed E-state index contributed by atoms with van der Waals surface area (Å²) < 4.78 is 8.23. The van der Waals surface area contributed by atoms with Crippen molar-refractivity contribution in [3.05, 3.63) is 72.2 Å². The highest BCUT2D eigenvalue weighted by Crippen LogP contribution is 2.42. The fourth-order valence-electron chi connectivity index (χ4n) is 4.87. The number of nitrogens with two attached hydrogens (primary N) is 1. The van der Waals surface area contributed by atoms with Crippen molar-refractivity contribution in [1.29, 1.82) is 5.26 Å². The van der Waals surface area contributed by atoms with Crippen molar-refractivity contribution in [2.24, 2.45) is 0 Å². The molecule has 2 aromatic heterocycles. The van der Waals surface area contributed by atoms with Gasteiger partial charge in [0.05, 0.1) is 22.5 Å². The number of hydrogen-bond acceptors (Lipinski definition) is 6. The lowest BCUT2D eigenvalue weighted by atomic mass is 10.1. The molecule has 3 N–H and O–H groups in total. The molecule has 33 heavy (non-hydrogen) atoms. The smallest absolute Gasteiger partial charge is 0.144 e. The van der Waals surface area contributed by atoms with E-state index in [1.165, 1.54) is 5.56 Å². The Hall–Kier alpha value is -4.02. The van der Waals surface area contributed by atoms with Crippen LogP contribution in [0.1, 0.15) is 17.5 Å². The van der Waals surface area contributed by atoms with E-state index in [2.05, 4.69) is 44.0 Å². The summed E-state index contributed by atoms with van der Waals surface area (Å²) in [5.41, 5.74) is 12.6. The van der Waals surface area contributed by atoms with Gasteiger partial charge in [0.15, 0.2) is 0 Å². The van der Waals surface area contributed by atoms with Crippen molar-refractivity contribution in [2.45, 2.75) is 18.9 Å². The number of ether oxygens (including phenoxy) is 1. The van der Waals surface area contributed by atoms with Crippen LogP contribution in [0.25, 0.3) is 16.6 Å². The molecule has 2 aliphatic rings. The quantitative estimate of drug-likeness (QED) is 0.471. The summed E-state index contributed by atoms with van der Waals surface area (Å²) in [6.07, 6.45) is 7.71. The highest BCUT2D eigenvalue weighted by molar-refractivity contribution is 6.00. The zero-order valence-electron chi connectivity index (χ0n) is 18.2. The Morgan fingerprint density at radius 3 is 2.85 bits per heavy atom. The zero-order valence-corrected chi connectivity index (χ0v) is 18.2. The Bertz CT molecular complexity index is 1380. The summed E-state index contributed by atoms with van der Waals surface area (Å²) in [5.74, 6) is 0.649. The number of hydrogen-bond donors (Lipinski definition) is 2. The fourth-order valence-corrected chi connectivity index (χ4v) is 4.87. The summed E-state index contributed by atoms with van der Waals surface area (Å²) in [4.78, 5) is 6.80. The molecule has 0 spiro atoms. The molecule has 0 radical (unpaired) electrons. The molecule has 2 aliphatic heterocycles. The van der Waals surface area contributed by atoms with E-state index >= 15 is 0 Å². The van der Waals surface area contributed by atoms with Crippen LogP contribution in [-0.2, 0) is 6.42 Å². The molecule has 7 heteroatoms. The molecule has 6 rings (SSSR count). The van der Waals surface area contributed by atoms with Crippen LogP contribution in [-0.4, -0.2) is 35.3 Å². The average Bonchev–Trinajstić information content (AvgIpc) is 3.60. The molecule has 0 aliphatic carbocycles. The topological polar surface area (TPSA) is 92.1 Å². The van der Waals surface area contributed by atoms with Crippen LogP contribution >= 0.6 is 0 Å². The number of anilines is 3. The second kappa shape index (κ2) is 7.84. The minimum Gasteiger partial charge on any atom is -0.487 e. The first kappa shape index (κ1) is 19.6. The third-order valence-corrected chi connectivity index (χ3v) is 6.54. The molecule has 1 unspecified atom stereocenters. The van der Waals surface area contributed by atoms with E-state index < -0.39 is 0 Å². The lowest BCUT2D eigenvalue weighted by molar-refractivity contribution is 0.224. The molecule has 1 atom stereocenters. The van der Waals surface area contributed by atoms with Crippen LogP contribution in [0.3, 0.4) is 0 Å². The molecule has 1 fully saturated rings. The third-order valence-electron chi connectivity index (χ3n) is 6.54. The average molecular weight is 437 g/mol. The Balaban J connectivity index is 1.47. The van der Waals surface area contributed by atoms with Crippen LogP contribution in [0.5, 0.6) is 5.75 Å². The molecule has 4 aromatic rings. The van der Waals surface area contributed by atoms with Crippen molar-refractivity contribution in [2.75, 3.05) is 30.3 Å². The zero-order chi connectivity index (χ0) is 22.4. The summed E-state index contributed by atoms with van der Waals surface area (Å²) in [7, 11) is 0. The Morgan fingerprint density at radius 2 is 2.06 bits per heavy atom. The van der Waals surface area contributed by atoms with E-state index in [1.54, 1.807) is 6.20 Å². The molecular weight excluding hydrogens is 412 g/mol. The van der Waals surface area contributed by atoms with Crippen LogP contribution < -0.4 is 20.7 Å². The molecule has 0 bridgehead atoms. The van der Waals surface area contributed by atoms with Gasteiger partial charge >= 0.3 is 0 Å². The summed E-state index contributed by atoms with van der Waals surface area (Å²) in [5, 5.41) is 14.1. The Labute approximate surface area is 192 Å². The molecular formula is C26H24N6O. The van der Waals surface area contributed by atoms with Crippen LogP contribution in [0.4, 0.5) is 17.1 Å². The number of fused-ring (bicyclic) bond motifs is 2. The number of nitrogens with one attached hydrogen (secondary N) is 1. The number of nitrogen functional groups attached to an aromatic ring is 1. The maximum Gasteiger partial charge on any atom is 0.144 e. The SMILES string of the molecule is N#Cc1cnc2cc(OC3CCNC3)c(N)cc2c1N1CCc2ccc(-n3cccc3)cc21. The largest absolute Gasteiger partial charge is 0.487 e. The predicted molar refractivity (Wildman–Crippen MR) is 129 cm³/mol. The standard InChI is InChI=1S/C26H24N6O/c27-14-18-15-30-23-13-25(33-20-5-7-29-16-20)22(28)12-21(23)26(18)32-10-6-17-3-4-19(11-24(17)32)31-8-1-2-9-31/h1-4,8-9,11-13,15,20,29H,5-7,10,16,28H2. The Kier molecular flexibility index (Phi) is 4.67. The van der Waals surface area contributed by atoms with Crippen molar-refractivity contribution in [3.63, 3.8) is 0 Å². The molecule has 0 saturated carbocycles. The second-order valence-electron chi connectivity index (χ2n) is 8.58. The first-order valence-electron chi connectivity index (χ1n) is 11.2. The van der Waals surface area contributed by atoms with Gasteiger partial charge in [-0.15, -0.1) is 0 Å². The summed E-state index contributed by atoms with van der Waals surface area (Å²) in [6.45, 7) is 2.56. The van der Waals surface area contributed by atoms with Gasteiger partial charge in [0, 0.05) is 54.5 Å². The van der Waals surface area contributed by atoms with Gasteiger partial charge in [0.2, 0.25) is 0 Å². The molecule has 7 nitrogen and oxygen atoms in total. The number of benzene rings is 2. The molecule has 4 heterocycles. The van der Waals surface area contributed by atoms with Gasteiger partial charge < -0.3 is 25.3 Å². The first-order chi connectivity index (χ1) is 16.2. The molecule has 164 valence electrons. The maximum absolute atomic E-state index is 9.92. The van der Waals surface area contributed by atoms with Gasteiger partial charge in [-0.2, -0.15) is 5.26 Å². The lowest BCUT2D eigenvalue weighted by Gasteiger charge is -2.24. The van der Waals surface area contributed by atoms with Gasteiger partial charge in [-0.3, -0.25) is 4.98 Å². The maximum atomic E-state index is 9.92. The van der Waals surface area contributed by atoms with Crippen molar-refractivity contribution in [3.8, 4) is 17.5 Å². The summed E-state index contributed by atoms with van der Waals surface area (Å²) in [6, 6.07) is 16.7. The van der Waals surface area contributed by atoms with Gasteiger partial charge in [-0.25, -0.2) is 0 Å². The van der Waals surface area contributed by atoms with Crippen molar-refractivity contribution in [1.82, 2.24) is 14.9 Å². The van der Waals surface area contributed by atoms with Crippen LogP contribution in [0, 0.1) is 11.3 Å². The van der Waals surface area contributed by atoms with Crippen LogP contribution in [0.2, 0.25) is 0 Å². The van der Waals surface area contributed by atoms with Crippen molar-refractivity contribution < 1.29 is 4.74 Å². The van der Waals surface area contributed by atoms with E-state index in [0.717, 1.165) is 60.4 Å². The van der Waals surface area contributed by atoms with Gasteiger partial charge in [0.25, 0.3) is 0 Å². The molecule has 1 saturated heterocycles. The first-order valence-corrected chi connectivity index (χ1v) is 11.2. The summed E-state index contributed by atoms with van der Waals surface area (Å²) >= 11 is 0. The van der Waals surface area contributed by atoms with Crippen molar-refractivity contribution >= 4 is 28.0 Å². The van der Waals surface area contributed by atoms with E-state index in [1.807, 2.05) is 36.7 Å². The number of aromatic nitrogens is 2. The van der Waals surface area contributed by atoms with Crippen LogP contribution in [0.15, 0.2) is 61.1 Å². The lowest BCUT2D eigenvalue weighted by Crippen LogP contribution is -2.20. The fraction of sp³-hybridized carbons (Fsp3) is 0.231. The monoisotopic (exact) mass is 436 g/mol. The number of nitrogens with zero attached hydrogens (tertiary/aromatic N) is 4. The van der Waals surface area contributed by atoms with Gasteiger partial charge in [-0.1, -0.05) is 6.07 Å². The second-order valence-corrected chi connectivity index (χ2v) is 8.58. The van der Waals surface area contributed by atoms with E-state index in [0.29, 0.717) is 17.0 Å². The van der Waals surface area contributed by atoms with E-state index in [-0.39, 0.29) is 6.10 Å². The van der Waals surface area contributed by atoms with E-state index in [9.17, 15) is 5.26 Å². The minimum atomic E-state index is 0.111. The number of rotatable bonds is 4. The highest BCUT2D eigenvalue weighted by Gasteiger charge is 2.26. The molecule has 0 amide bonds. The number of nitriles is 1. The Morgan fingerprint density at radius 1 is 1.18 bits per heavy atom. The third kappa shape index (κ3) is 3.36. The van der Waals surface area contributed by atoms with Gasteiger partial charge in [0.1, 0.15) is 17.9 Å². The molecule has 2 aromatic carbocycles. The minimum absolute atomic E-state index is 0.111. The number of pyridine rings is 1.